The van der Waals surface area contributed by atoms with Crippen molar-refractivity contribution >= 4 is 11.9 Å². The molecule has 0 radical (unpaired) electrons. The molecule has 0 aliphatic rings. The highest BCUT2D eigenvalue weighted by Crippen LogP contribution is 2.29. The van der Waals surface area contributed by atoms with E-state index in [2.05, 4.69) is 11.7 Å². The summed E-state index contributed by atoms with van der Waals surface area (Å²) >= 11 is 0. The normalized spacial score (nSPS) is 11.2. The number of esters is 2. The average molecular weight is 617 g/mol. The van der Waals surface area contributed by atoms with E-state index in [1.165, 1.54) is 19.3 Å². The maximum atomic E-state index is 13.5. The van der Waals surface area contributed by atoms with E-state index in [9.17, 15) is 31.5 Å². The van der Waals surface area contributed by atoms with Gasteiger partial charge < -0.3 is 33.2 Å². The summed E-state index contributed by atoms with van der Waals surface area (Å²) < 4.78 is 102. The highest BCUT2D eigenvalue weighted by atomic mass is 19.2. The van der Waals surface area contributed by atoms with Crippen molar-refractivity contribution in [1.29, 1.82) is 0 Å². The molecule has 0 aliphatic carbocycles. The van der Waals surface area contributed by atoms with Gasteiger partial charge in [-0.1, -0.05) is 39.0 Å². The maximum Gasteiger partial charge on any atom is 0.313 e. The van der Waals surface area contributed by atoms with Crippen molar-refractivity contribution < 1.29 is 64.7 Å². The molecule has 0 amide bonds. The van der Waals surface area contributed by atoms with Crippen molar-refractivity contribution in [3.63, 3.8) is 0 Å². The molecule has 1 aromatic rings. The van der Waals surface area contributed by atoms with Crippen molar-refractivity contribution in [2.75, 3.05) is 72.7 Å². The fraction of sp³-hybridized carbons (Fsp3) is 0.714. The molecular formula is C28H41F5O9. The second-order valence-electron chi connectivity index (χ2n) is 8.92. The molecule has 0 aliphatic heterocycles. The average Bonchev–Trinajstić information content (AvgIpc) is 2.98. The van der Waals surface area contributed by atoms with Crippen LogP contribution in [0.15, 0.2) is 0 Å². The minimum atomic E-state index is -2.35. The van der Waals surface area contributed by atoms with E-state index < -0.39 is 47.2 Å². The van der Waals surface area contributed by atoms with Gasteiger partial charge in [0.15, 0.2) is 0 Å². The monoisotopic (exact) mass is 616 g/mol. The Balaban J connectivity index is 1.86. The minimum absolute atomic E-state index is 0.0806. The number of hydrogen-bond acceptors (Lipinski definition) is 9. The maximum absolute atomic E-state index is 13.5. The zero-order valence-electron chi connectivity index (χ0n) is 24.0. The Morgan fingerprint density at radius 3 is 1.38 bits per heavy atom. The van der Waals surface area contributed by atoms with Crippen LogP contribution in [-0.4, -0.2) is 84.6 Å². The summed E-state index contributed by atoms with van der Waals surface area (Å²) in [4.78, 5) is 23.2. The van der Waals surface area contributed by atoms with E-state index >= 15 is 0 Å². The second-order valence-corrected chi connectivity index (χ2v) is 8.92. The van der Waals surface area contributed by atoms with Crippen LogP contribution in [0, 0.1) is 29.1 Å². The van der Waals surface area contributed by atoms with E-state index in [0.717, 1.165) is 19.3 Å². The smallest absolute Gasteiger partial charge is 0.313 e. The molecular weight excluding hydrogens is 575 g/mol. The van der Waals surface area contributed by atoms with Gasteiger partial charge >= 0.3 is 11.9 Å². The van der Waals surface area contributed by atoms with Gasteiger partial charge in [0.05, 0.1) is 72.5 Å². The molecule has 0 heterocycles. The molecule has 0 aromatic heterocycles. The van der Waals surface area contributed by atoms with Crippen LogP contribution in [0.1, 0.15) is 58.3 Å². The molecule has 42 heavy (non-hydrogen) atoms. The quantitative estimate of drug-likeness (QED) is 0.0354. The summed E-state index contributed by atoms with van der Waals surface area (Å²) in [7, 11) is 0. The number of ether oxygens (including phenoxy) is 7. The lowest BCUT2D eigenvalue weighted by molar-refractivity contribution is -0.145. The fourth-order valence-corrected chi connectivity index (χ4v) is 3.31. The third kappa shape index (κ3) is 16.9. The first-order chi connectivity index (χ1) is 20.3. The van der Waals surface area contributed by atoms with Crippen molar-refractivity contribution in [1.82, 2.24) is 0 Å². The van der Waals surface area contributed by atoms with E-state index in [1.54, 1.807) is 0 Å². The number of rotatable bonds is 26. The van der Waals surface area contributed by atoms with E-state index in [1.807, 2.05) is 0 Å². The highest BCUT2D eigenvalue weighted by Gasteiger charge is 2.28. The first-order valence-electron chi connectivity index (χ1n) is 14.1. The first kappa shape index (κ1) is 37.6. The van der Waals surface area contributed by atoms with Gasteiger partial charge in [-0.15, -0.1) is 0 Å². The lowest BCUT2D eigenvalue weighted by atomic mass is 10.1. The summed E-state index contributed by atoms with van der Waals surface area (Å²) in [6.07, 6.45) is 6.66. The molecule has 242 valence electrons. The molecule has 14 heteroatoms. The second kappa shape index (κ2) is 24.1. The fourth-order valence-electron chi connectivity index (χ4n) is 3.31. The minimum Gasteiger partial charge on any atom is -0.463 e. The summed E-state index contributed by atoms with van der Waals surface area (Å²) in [6, 6.07) is 0. The number of halogens is 5. The summed E-state index contributed by atoms with van der Waals surface area (Å²) in [5.74, 6) is -14.3. The topological polar surface area (TPSA) is 98.8 Å². The van der Waals surface area contributed by atoms with Crippen molar-refractivity contribution in [2.45, 2.75) is 58.3 Å². The number of carbonyl (C=O) groups is 2. The standard InChI is InChI=1S/C28H41F5O9/c1-2-3-4-5-6-7-8-21(34)41-20-19-40-18-17-39-16-15-38-14-13-37-12-11-36-10-9-22(35)42-28-26(32)24(30)23(29)25(31)27(28)33/h2-20H2,1H3. The first-order valence-corrected chi connectivity index (χ1v) is 14.1. The molecule has 0 saturated heterocycles. The highest BCUT2D eigenvalue weighted by molar-refractivity contribution is 5.72. The number of benzene rings is 1. The lowest BCUT2D eigenvalue weighted by Crippen LogP contribution is -2.16. The Hall–Kier alpha value is -2.39. The van der Waals surface area contributed by atoms with Crippen LogP contribution in [0.2, 0.25) is 0 Å². The number of carbonyl (C=O) groups excluding carboxylic acids is 2. The van der Waals surface area contributed by atoms with Gasteiger partial charge in [0.25, 0.3) is 0 Å². The van der Waals surface area contributed by atoms with Crippen LogP contribution in [0.25, 0.3) is 0 Å². The van der Waals surface area contributed by atoms with Gasteiger partial charge in [0.2, 0.25) is 34.8 Å². The van der Waals surface area contributed by atoms with Crippen LogP contribution in [-0.2, 0) is 38.0 Å². The third-order valence-corrected chi connectivity index (χ3v) is 5.55. The van der Waals surface area contributed by atoms with Gasteiger partial charge in [0, 0.05) is 6.42 Å². The predicted octanol–water partition coefficient (Wildman–Crippen LogP) is 5.05. The summed E-state index contributed by atoms with van der Waals surface area (Å²) in [6.45, 7) is 4.75. The zero-order chi connectivity index (χ0) is 31.0. The van der Waals surface area contributed by atoms with E-state index in [4.69, 9.17) is 28.4 Å². The number of unbranched alkanes of at least 4 members (excludes halogenated alkanes) is 5. The van der Waals surface area contributed by atoms with Gasteiger partial charge in [-0.05, 0) is 6.42 Å². The molecule has 0 N–H and O–H groups in total. The molecule has 1 aromatic carbocycles. The molecule has 1 rings (SSSR count). The lowest BCUT2D eigenvalue weighted by Gasteiger charge is -2.09. The predicted molar refractivity (Wildman–Crippen MR) is 140 cm³/mol. The molecule has 0 bridgehead atoms. The Morgan fingerprint density at radius 2 is 0.881 bits per heavy atom. The largest absolute Gasteiger partial charge is 0.463 e. The van der Waals surface area contributed by atoms with E-state index in [-0.39, 0.29) is 39.0 Å². The van der Waals surface area contributed by atoms with Crippen LogP contribution >= 0.6 is 0 Å². The molecule has 0 unspecified atom stereocenters. The summed E-state index contributed by atoms with van der Waals surface area (Å²) in [5, 5.41) is 0. The van der Waals surface area contributed by atoms with Crippen LogP contribution < -0.4 is 4.74 Å². The van der Waals surface area contributed by atoms with Gasteiger partial charge in [-0.2, -0.15) is 8.78 Å². The van der Waals surface area contributed by atoms with E-state index in [0.29, 0.717) is 46.1 Å². The van der Waals surface area contributed by atoms with Gasteiger partial charge in [-0.25, -0.2) is 13.2 Å². The number of hydrogen-bond donors (Lipinski definition) is 0. The van der Waals surface area contributed by atoms with Gasteiger partial charge in [0.1, 0.15) is 6.61 Å². The van der Waals surface area contributed by atoms with Crippen LogP contribution in [0.3, 0.4) is 0 Å². The zero-order valence-corrected chi connectivity index (χ0v) is 24.0. The molecule has 0 spiro atoms. The molecule has 0 fully saturated rings. The Bertz CT molecular complexity index is 876. The third-order valence-electron chi connectivity index (χ3n) is 5.55. The summed E-state index contributed by atoms with van der Waals surface area (Å²) in [5.41, 5.74) is 0. The SMILES string of the molecule is CCCCCCCCC(=O)OCCOCCOCCOCCOCCOCCC(=O)Oc1c(F)c(F)c(F)c(F)c1F. The Morgan fingerprint density at radius 1 is 0.476 bits per heavy atom. The van der Waals surface area contributed by atoms with Gasteiger partial charge in [-0.3, -0.25) is 9.59 Å². The molecule has 9 nitrogen and oxygen atoms in total. The van der Waals surface area contributed by atoms with Crippen molar-refractivity contribution in [3.8, 4) is 5.75 Å². The molecule has 0 atom stereocenters. The van der Waals surface area contributed by atoms with Crippen molar-refractivity contribution in [3.05, 3.63) is 29.1 Å². The Labute approximate surface area is 242 Å². The van der Waals surface area contributed by atoms with Crippen molar-refractivity contribution in [2.24, 2.45) is 0 Å². The molecule has 0 saturated carbocycles. The van der Waals surface area contributed by atoms with Crippen LogP contribution in [0.5, 0.6) is 5.75 Å². The van der Waals surface area contributed by atoms with Crippen LogP contribution in [0.4, 0.5) is 22.0 Å². The Kier molecular flexibility index (Phi) is 21.6.